The van der Waals surface area contributed by atoms with Crippen LogP contribution in [-0.2, 0) is 28.0 Å². The molecule has 268 valence electrons. The van der Waals surface area contributed by atoms with Gasteiger partial charge in [0.2, 0.25) is 5.79 Å². The zero-order chi connectivity index (χ0) is 35.6. The fraction of sp³-hybridized carbons (Fsp3) is 0.378. The number of nitrogens with zero attached hydrogens (tertiary/aromatic N) is 7. The van der Waals surface area contributed by atoms with Gasteiger partial charge in [-0.2, -0.15) is 23.4 Å². The molecule has 0 saturated carbocycles. The SMILES string of the molecule is CCC(C)n1ncn(-c2ccc(N3CCN(c4ccc(OC[C@@H]5CO[C@@](Cn6cccn6)(c6cccc(C(F)(F)F)c6)O5)cc4)CC3)cc2)c1=O. The quantitative estimate of drug-likeness (QED) is 0.168. The smallest absolute Gasteiger partial charge is 0.416 e. The van der Waals surface area contributed by atoms with Gasteiger partial charge in [0.05, 0.1) is 30.4 Å². The van der Waals surface area contributed by atoms with Crippen molar-refractivity contribution in [1.82, 2.24) is 24.1 Å². The van der Waals surface area contributed by atoms with E-state index in [-0.39, 0.29) is 37.1 Å². The Bertz CT molecular complexity index is 1950. The Morgan fingerprint density at radius 2 is 1.59 bits per heavy atom. The molecule has 7 rings (SSSR count). The summed E-state index contributed by atoms with van der Waals surface area (Å²) in [6.07, 6.45) is 0.697. The van der Waals surface area contributed by atoms with Crippen LogP contribution in [-0.4, -0.2) is 69.6 Å². The number of hydrogen-bond acceptors (Lipinski definition) is 8. The Kier molecular flexibility index (Phi) is 9.62. The first kappa shape index (κ1) is 34.4. The Hall–Kier alpha value is -5.08. The molecule has 0 N–H and O–H groups in total. The van der Waals surface area contributed by atoms with Gasteiger partial charge < -0.3 is 24.0 Å². The summed E-state index contributed by atoms with van der Waals surface area (Å²) in [6.45, 7) is 7.76. The van der Waals surface area contributed by atoms with Crippen molar-refractivity contribution >= 4 is 11.4 Å². The van der Waals surface area contributed by atoms with E-state index >= 15 is 0 Å². The maximum Gasteiger partial charge on any atom is 0.416 e. The third kappa shape index (κ3) is 7.38. The normalized spacial score (nSPS) is 20.1. The van der Waals surface area contributed by atoms with Crippen LogP contribution in [0.3, 0.4) is 0 Å². The lowest BCUT2D eigenvalue weighted by Gasteiger charge is -2.37. The van der Waals surface area contributed by atoms with Gasteiger partial charge in [0, 0.05) is 55.5 Å². The van der Waals surface area contributed by atoms with Crippen molar-refractivity contribution in [3.05, 3.63) is 119 Å². The van der Waals surface area contributed by atoms with E-state index in [2.05, 4.69) is 20.0 Å². The van der Waals surface area contributed by atoms with Gasteiger partial charge in [0.15, 0.2) is 0 Å². The largest absolute Gasteiger partial charge is 0.491 e. The van der Waals surface area contributed by atoms with Crippen LogP contribution in [0, 0.1) is 0 Å². The second kappa shape index (κ2) is 14.3. The molecule has 0 amide bonds. The Morgan fingerprint density at radius 3 is 2.22 bits per heavy atom. The molecule has 2 aliphatic heterocycles. The average Bonchev–Trinajstić information content (AvgIpc) is 3.92. The highest BCUT2D eigenvalue weighted by molar-refractivity contribution is 5.54. The first-order valence-electron chi connectivity index (χ1n) is 17.1. The van der Waals surface area contributed by atoms with Crippen LogP contribution in [0.5, 0.6) is 5.75 Å². The monoisotopic (exact) mass is 703 g/mol. The topological polar surface area (TPSA) is 91.8 Å². The summed E-state index contributed by atoms with van der Waals surface area (Å²) in [4.78, 5) is 17.5. The van der Waals surface area contributed by atoms with E-state index in [0.717, 1.165) is 61.8 Å². The molecule has 2 fully saturated rings. The van der Waals surface area contributed by atoms with Crippen LogP contribution in [0.1, 0.15) is 37.4 Å². The third-order valence-corrected chi connectivity index (χ3v) is 9.53. The lowest BCUT2D eigenvalue weighted by atomic mass is 10.0. The van der Waals surface area contributed by atoms with Gasteiger partial charge in [-0.1, -0.05) is 19.1 Å². The summed E-state index contributed by atoms with van der Waals surface area (Å²) >= 11 is 0. The number of benzene rings is 3. The van der Waals surface area contributed by atoms with E-state index in [1.54, 1.807) is 40.1 Å². The molecule has 0 radical (unpaired) electrons. The number of ether oxygens (including phenoxy) is 3. The molecule has 2 saturated heterocycles. The maximum atomic E-state index is 13.5. The molecule has 4 heterocycles. The van der Waals surface area contributed by atoms with E-state index in [0.29, 0.717) is 5.75 Å². The molecule has 0 spiro atoms. The predicted molar refractivity (Wildman–Crippen MR) is 185 cm³/mol. The van der Waals surface area contributed by atoms with Crippen LogP contribution in [0.15, 0.2) is 102 Å². The summed E-state index contributed by atoms with van der Waals surface area (Å²) < 4.78 is 63.7. The number of aromatic nitrogens is 5. The molecule has 14 heteroatoms. The van der Waals surface area contributed by atoms with Gasteiger partial charge in [-0.05, 0) is 80.1 Å². The van der Waals surface area contributed by atoms with Crippen LogP contribution in [0.4, 0.5) is 24.5 Å². The Labute approximate surface area is 293 Å². The number of alkyl halides is 3. The van der Waals surface area contributed by atoms with Crippen LogP contribution in [0.2, 0.25) is 0 Å². The molecule has 0 bridgehead atoms. The number of rotatable bonds is 11. The molecule has 11 nitrogen and oxygen atoms in total. The van der Waals surface area contributed by atoms with Crippen molar-refractivity contribution in [3.63, 3.8) is 0 Å². The minimum absolute atomic E-state index is 0.0450. The molecule has 5 aromatic rings. The maximum absolute atomic E-state index is 13.5. The fourth-order valence-corrected chi connectivity index (χ4v) is 6.47. The van der Waals surface area contributed by atoms with Crippen molar-refractivity contribution in [3.8, 4) is 11.4 Å². The second-order valence-electron chi connectivity index (χ2n) is 12.9. The standard InChI is InChI=1S/C37H40F3N7O4/c1-3-27(2)47-35(48)46(26-42-47)32-10-8-30(9-11-32)43-18-20-44(21-19-43)31-12-14-33(15-13-31)49-23-34-24-50-36(51-34,25-45-17-5-16-41-45)28-6-4-7-29(22-28)37(38,39)40/h4-17,22,26-27,34H,3,18-21,23-25H2,1-2H3/t27?,34-,36-/m1/s1. The van der Waals surface area contributed by atoms with E-state index < -0.39 is 23.6 Å². The van der Waals surface area contributed by atoms with Gasteiger partial charge in [0.25, 0.3) is 0 Å². The van der Waals surface area contributed by atoms with E-state index in [1.165, 1.54) is 10.7 Å². The Balaban J connectivity index is 0.932. The molecular formula is C37H40F3N7O4. The van der Waals surface area contributed by atoms with Gasteiger partial charge in [-0.15, -0.1) is 0 Å². The van der Waals surface area contributed by atoms with Crippen molar-refractivity contribution < 1.29 is 27.4 Å². The Morgan fingerprint density at radius 1 is 0.922 bits per heavy atom. The minimum atomic E-state index is -4.50. The van der Waals surface area contributed by atoms with Crippen molar-refractivity contribution in [1.29, 1.82) is 0 Å². The molecule has 0 aliphatic carbocycles. The first-order chi connectivity index (χ1) is 24.6. The first-order valence-corrected chi connectivity index (χ1v) is 17.1. The minimum Gasteiger partial charge on any atom is -0.491 e. The number of halogens is 3. The summed E-state index contributed by atoms with van der Waals surface area (Å²) in [5.74, 6) is -0.801. The summed E-state index contributed by atoms with van der Waals surface area (Å²) in [5, 5.41) is 8.50. The van der Waals surface area contributed by atoms with Crippen molar-refractivity contribution in [2.24, 2.45) is 0 Å². The highest BCUT2D eigenvalue weighted by Crippen LogP contribution is 2.39. The molecule has 2 aromatic heterocycles. The molecule has 3 atom stereocenters. The lowest BCUT2D eigenvalue weighted by Crippen LogP contribution is -2.46. The zero-order valence-corrected chi connectivity index (χ0v) is 28.4. The van der Waals surface area contributed by atoms with Gasteiger partial charge >= 0.3 is 11.9 Å². The van der Waals surface area contributed by atoms with E-state index in [9.17, 15) is 18.0 Å². The van der Waals surface area contributed by atoms with E-state index in [1.807, 2.05) is 62.4 Å². The molecular weight excluding hydrogens is 663 g/mol. The van der Waals surface area contributed by atoms with Crippen molar-refractivity contribution in [2.45, 2.75) is 50.9 Å². The highest BCUT2D eigenvalue weighted by atomic mass is 19.4. The van der Waals surface area contributed by atoms with Crippen molar-refractivity contribution in [2.75, 3.05) is 49.2 Å². The predicted octanol–water partition coefficient (Wildman–Crippen LogP) is 5.89. The summed E-state index contributed by atoms with van der Waals surface area (Å²) in [7, 11) is 0. The van der Waals surface area contributed by atoms with Crippen LogP contribution in [0.25, 0.3) is 5.69 Å². The molecule has 3 aromatic carbocycles. The highest BCUT2D eigenvalue weighted by Gasteiger charge is 2.45. The molecule has 1 unspecified atom stereocenters. The summed E-state index contributed by atoms with van der Waals surface area (Å²) in [6, 6.07) is 22.7. The van der Waals surface area contributed by atoms with Gasteiger partial charge in [0.1, 0.15) is 24.8 Å². The van der Waals surface area contributed by atoms with Crippen LogP contribution < -0.4 is 20.2 Å². The summed E-state index contributed by atoms with van der Waals surface area (Å²) in [5.41, 5.74) is 2.32. The third-order valence-electron chi connectivity index (χ3n) is 9.53. The molecule has 2 aliphatic rings. The average molecular weight is 704 g/mol. The second-order valence-corrected chi connectivity index (χ2v) is 12.9. The molecule has 51 heavy (non-hydrogen) atoms. The lowest BCUT2D eigenvalue weighted by molar-refractivity contribution is -0.191. The number of piperazine rings is 1. The zero-order valence-electron chi connectivity index (χ0n) is 28.4. The van der Waals surface area contributed by atoms with E-state index in [4.69, 9.17) is 14.2 Å². The number of anilines is 2. The number of hydrogen-bond donors (Lipinski definition) is 0. The van der Waals surface area contributed by atoms with Crippen LogP contribution >= 0.6 is 0 Å². The van der Waals surface area contributed by atoms with Gasteiger partial charge in [-0.3, -0.25) is 4.68 Å². The fourth-order valence-electron chi connectivity index (χ4n) is 6.47. The van der Waals surface area contributed by atoms with Gasteiger partial charge in [-0.25, -0.2) is 14.0 Å².